The fraction of sp³-hybridized carbons (Fsp3) is 0.500. The van der Waals surface area contributed by atoms with Crippen LogP contribution in [0.3, 0.4) is 0 Å². The highest BCUT2D eigenvalue weighted by Gasteiger charge is 2.20. The van der Waals surface area contributed by atoms with Crippen LogP contribution in [0, 0.1) is 0 Å². The molecule has 150 valence electrons. The lowest BCUT2D eigenvalue weighted by atomic mass is 10.2. The molecule has 0 bridgehead atoms. The smallest absolute Gasteiger partial charge is 0.321 e. The molecule has 2 N–H and O–H groups in total. The largest absolute Gasteiger partial charge is 0.335 e. The standard InChI is InChI=1S/C20H26N4O3S/c1-3-13(2)24-18(26)15-10-6-7-11-16(15)22-20(24)28-12-17(25)23-19(27)21-14-8-4-5-9-14/h6-7,10-11,13-14H,3-5,8-9,12H2,1-2H3,(H2,21,23,25,27)/t13-/m0/s1. The zero-order chi connectivity index (χ0) is 20.1. The minimum Gasteiger partial charge on any atom is -0.335 e. The van der Waals surface area contributed by atoms with Crippen LogP contribution in [0.1, 0.15) is 52.0 Å². The average molecular weight is 403 g/mol. The van der Waals surface area contributed by atoms with Crippen LogP contribution >= 0.6 is 11.8 Å². The second-order valence-electron chi connectivity index (χ2n) is 7.14. The van der Waals surface area contributed by atoms with Crippen LogP contribution in [0.2, 0.25) is 0 Å². The van der Waals surface area contributed by atoms with E-state index in [1.54, 1.807) is 16.7 Å². The molecule has 1 saturated carbocycles. The molecule has 0 radical (unpaired) electrons. The average Bonchev–Trinajstić information content (AvgIpc) is 3.18. The molecule has 0 unspecified atom stereocenters. The van der Waals surface area contributed by atoms with Gasteiger partial charge in [-0.1, -0.05) is 43.7 Å². The zero-order valence-corrected chi connectivity index (χ0v) is 17.1. The first kappa shape index (κ1) is 20.4. The maximum atomic E-state index is 12.9. The maximum Gasteiger partial charge on any atom is 0.321 e. The number of nitrogens with one attached hydrogen (secondary N) is 2. The van der Waals surface area contributed by atoms with E-state index in [4.69, 9.17) is 0 Å². The molecule has 1 aromatic carbocycles. The van der Waals surface area contributed by atoms with Crippen LogP contribution in [0.4, 0.5) is 4.79 Å². The van der Waals surface area contributed by atoms with Gasteiger partial charge in [-0.3, -0.25) is 19.5 Å². The van der Waals surface area contributed by atoms with Gasteiger partial charge in [-0.25, -0.2) is 9.78 Å². The highest BCUT2D eigenvalue weighted by Crippen LogP contribution is 2.22. The summed E-state index contributed by atoms with van der Waals surface area (Å²) >= 11 is 1.17. The first-order chi connectivity index (χ1) is 13.5. The van der Waals surface area contributed by atoms with Crippen LogP contribution in [-0.4, -0.2) is 33.3 Å². The number of imide groups is 1. The van der Waals surface area contributed by atoms with Gasteiger partial charge >= 0.3 is 6.03 Å². The van der Waals surface area contributed by atoms with Gasteiger partial charge in [-0.15, -0.1) is 0 Å². The molecular weight excluding hydrogens is 376 g/mol. The molecule has 1 fully saturated rings. The van der Waals surface area contributed by atoms with Crippen molar-refractivity contribution in [2.24, 2.45) is 0 Å². The number of para-hydroxylation sites is 1. The highest BCUT2D eigenvalue weighted by molar-refractivity contribution is 7.99. The summed E-state index contributed by atoms with van der Waals surface area (Å²) in [5, 5.41) is 6.25. The Bertz CT molecular complexity index is 921. The zero-order valence-electron chi connectivity index (χ0n) is 16.2. The summed E-state index contributed by atoms with van der Waals surface area (Å²) in [6.45, 7) is 3.96. The second kappa shape index (κ2) is 9.23. The molecule has 1 aliphatic carbocycles. The Morgan fingerprint density at radius 2 is 2.00 bits per heavy atom. The molecule has 3 rings (SSSR count). The first-order valence-electron chi connectivity index (χ1n) is 9.74. The van der Waals surface area contributed by atoms with Gasteiger partial charge in [0.15, 0.2) is 5.16 Å². The van der Waals surface area contributed by atoms with Crippen molar-refractivity contribution < 1.29 is 9.59 Å². The Hall–Kier alpha value is -2.35. The molecule has 1 aromatic heterocycles. The quantitative estimate of drug-likeness (QED) is 0.572. The topological polar surface area (TPSA) is 93.1 Å². The van der Waals surface area contributed by atoms with Crippen molar-refractivity contribution in [2.75, 3.05) is 5.75 Å². The lowest BCUT2D eigenvalue weighted by Gasteiger charge is -2.18. The molecule has 0 aliphatic heterocycles. The van der Waals surface area contributed by atoms with E-state index in [0.717, 1.165) is 32.1 Å². The van der Waals surface area contributed by atoms with E-state index >= 15 is 0 Å². The van der Waals surface area contributed by atoms with E-state index in [1.807, 2.05) is 26.0 Å². The van der Waals surface area contributed by atoms with E-state index in [9.17, 15) is 14.4 Å². The van der Waals surface area contributed by atoms with E-state index in [0.29, 0.717) is 16.1 Å². The van der Waals surface area contributed by atoms with E-state index in [-0.39, 0.29) is 23.4 Å². The Kier molecular flexibility index (Phi) is 6.72. The van der Waals surface area contributed by atoms with Crippen LogP contribution in [0.25, 0.3) is 10.9 Å². The van der Waals surface area contributed by atoms with Gasteiger partial charge in [0.2, 0.25) is 5.91 Å². The molecule has 1 heterocycles. The predicted octanol–water partition coefficient (Wildman–Crippen LogP) is 3.23. The third-order valence-corrected chi connectivity index (χ3v) is 6.04. The van der Waals surface area contributed by atoms with Gasteiger partial charge < -0.3 is 5.32 Å². The van der Waals surface area contributed by atoms with Crippen molar-refractivity contribution in [3.63, 3.8) is 0 Å². The van der Waals surface area contributed by atoms with Gasteiger partial charge in [0.1, 0.15) is 0 Å². The Labute approximate surface area is 168 Å². The van der Waals surface area contributed by atoms with Crippen molar-refractivity contribution in [2.45, 2.75) is 63.2 Å². The number of hydrogen-bond acceptors (Lipinski definition) is 5. The van der Waals surface area contributed by atoms with Gasteiger partial charge in [-0.05, 0) is 38.3 Å². The fourth-order valence-electron chi connectivity index (χ4n) is 3.38. The van der Waals surface area contributed by atoms with Crippen molar-refractivity contribution in [1.29, 1.82) is 0 Å². The molecule has 1 atom stereocenters. The Morgan fingerprint density at radius 1 is 1.29 bits per heavy atom. The minimum atomic E-state index is -0.455. The molecule has 8 heteroatoms. The minimum absolute atomic E-state index is 0.0132. The number of hydrogen-bond donors (Lipinski definition) is 2. The summed E-state index contributed by atoms with van der Waals surface area (Å²) in [5.74, 6) is -0.391. The number of nitrogens with zero attached hydrogens (tertiary/aromatic N) is 2. The van der Waals surface area contributed by atoms with Crippen LogP contribution in [0.15, 0.2) is 34.2 Å². The first-order valence-corrected chi connectivity index (χ1v) is 10.7. The van der Waals surface area contributed by atoms with Crippen molar-refractivity contribution in [3.05, 3.63) is 34.6 Å². The summed E-state index contributed by atoms with van der Waals surface area (Å²) < 4.78 is 1.64. The maximum absolute atomic E-state index is 12.9. The normalized spacial score (nSPS) is 15.5. The molecule has 7 nitrogen and oxygen atoms in total. The second-order valence-corrected chi connectivity index (χ2v) is 8.08. The number of carbonyl (C=O) groups excluding carboxylic acids is 2. The molecule has 2 aromatic rings. The summed E-state index contributed by atoms with van der Waals surface area (Å²) in [6.07, 6.45) is 4.89. The molecule has 3 amide bonds. The number of thioether (sulfide) groups is 1. The Morgan fingerprint density at radius 3 is 2.71 bits per heavy atom. The lowest BCUT2D eigenvalue weighted by molar-refractivity contribution is -0.117. The van der Waals surface area contributed by atoms with Crippen molar-refractivity contribution in [1.82, 2.24) is 20.2 Å². The molecule has 0 saturated heterocycles. The van der Waals surface area contributed by atoms with E-state index < -0.39 is 11.9 Å². The Balaban J connectivity index is 1.71. The number of urea groups is 1. The monoisotopic (exact) mass is 402 g/mol. The number of rotatable bonds is 6. The van der Waals surface area contributed by atoms with Crippen molar-refractivity contribution in [3.8, 4) is 0 Å². The number of carbonyl (C=O) groups is 2. The van der Waals surface area contributed by atoms with E-state index in [2.05, 4.69) is 15.6 Å². The SMILES string of the molecule is CC[C@H](C)n1c(SCC(=O)NC(=O)NC2CCCC2)nc2ccccc2c1=O. The summed E-state index contributed by atoms with van der Waals surface area (Å²) in [4.78, 5) is 41.6. The summed E-state index contributed by atoms with van der Waals surface area (Å²) in [7, 11) is 0. The van der Waals surface area contributed by atoms with Crippen LogP contribution < -0.4 is 16.2 Å². The van der Waals surface area contributed by atoms with Crippen LogP contribution in [0.5, 0.6) is 0 Å². The molecule has 1 aliphatic rings. The number of benzene rings is 1. The van der Waals surface area contributed by atoms with Crippen LogP contribution in [-0.2, 0) is 4.79 Å². The predicted molar refractivity (Wildman–Crippen MR) is 111 cm³/mol. The van der Waals surface area contributed by atoms with Gasteiger partial charge in [0.25, 0.3) is 5.56 Å². The third kappa shape index (κ3) is 4.73. The lowest BCUT2D eigenvalue weighted by Crippen LogP contribution is -2.44. The van der Waals surface area contributed by atoms with Gasteiger partial charge in [-0.2, -0.15) is 0 Å². The number of fused-ring (bicyclic) bond motifs is 1. The highest BCUT2D eigenvalue weighted by atomic mass is 32.2. The molecule has 0 spiro atoms. The summed E-state index contributed by atoms with van der Waals surface area (Å²) in [6, 6.07) is 6.85. The molecule has 28 heavy (non-hydrogen) atoms. The molecular formula is C20H26N4O3S. The fourth-order valence-corrected chi connectivity index (χ4v) is 4.28. The van der Waals surface area contributed by atoms with Crippen molar-refractivity contribution >= 4 is 34.6 Å². The summed E-state index contributed by atoms with van der Waals surface area (Å²) in [5.41, 5.74) is 0.496. The van der Waals surface area contributed by atoms with Gasteiger partial charge in [0, 0.05) is 12.1 Å². The number of amides is 3. The van der Waals surface area contributed by atoms with E-state index in [1.165, 1.54) is 11.8 Å². The van der Waals surface area contributed by atoms with Gasteiger partial charge in [0.05, 0.1) is 16.7 Å². The third-order valence-electron chi connectivity index (χ3n) is 5.08. The number of aromatic nitrogens is 2.